The van der Waals surface area contributed by atoms with Crippen molar-refractivity contribution in [1.82, 2.24) is 9.21 Å². The first kappa shape index (κ1) is 23.6. The molecule has 0 bridgehead atoms. The maximum absolute atomic E-state index is 14.3. The Labute approximate surface area is 167 Å². The maximum atomic E-state index is 14.3. The lowest BCUT2D eigenvalue weighted by molar-refractivity contribution is -0.142. The van der Waals surface area contributed by atoms with Crippen LogP contribution in [0.25, 0.3) is 0 Å². The van der Waals surface area contributed by atoms with Crippen LogP contribution in [0.1, 0.15) is 31.1 Å². The molecule has 0 aliphatic carbocycles. The molecule has 1 fully saturated rings. The Balaban J connectivity index is 2.41. The molecule has 0 atom stereocenters. The first-order valence-electron chi connectivity index (χ1n) is 8.94. The number of alkyl halides is 3. The number of carbonyl (C=O) groups excluding carboxylic acids is 1. The van der Waals surface area contributed by atoms with Crippen LogP contribution in [0.2, 0.25) is 0 Å². The van der Waals surface area contributed by atoms with Crippen molar-refractivity contribution in [3.8, 4) is 0 Å². The van der Waals surface area contributed by atoms with Crippen LogP contribution in [-0.4, -0.2) is 69.1 Å². The summed E-state index contributed by atoms with van der Waals surface area (Å²) in [7, 11) is -4.04. The standard InChI is InChI=1S/C18H24F4N2O4S/c1-17(2,3)11-23(12-18(20,21)22)16(25)14-10-13(4-5-15(14)19)29(26,27)24-6-8-28-9-7-24/h4-5,10H,6-9,11-12H2,1-3H3. The van der Waals surface area contributed by atoms with Crippen molar-refractivity contribution in [2.75, 3.05) is 39.4 Å². The van der Waals surface area contributed by atoms with E-state index in [0.29, 0.717) is 4.90 Å². The van der Waals surface area contributed by atoms with Crippen LogP contribution in [0.3, 0.4) is 0 Å². The molecule has 1 aliphatic rings. The molecule has 2 rings (SSSR count). The van der Waals surface area contributed by atoms with Gasteiger partial charge in [-0.2, -0.15) is 17.5 Å². The molecular formula is C18H24F4N2O4S. The largest absolute Gasteiger partial charge is 0.406 e. The predicted octanol–water partition coefficient (Wildman–Crippen LogP) is 2.90. The number of halogens is 4. The molecule has 1 aromatic rings. The highest BCUT2D eigenvalue weighted by Gasteiger charge is 2.36. The molecule has 29 heavy (non-hydrogen) atoms. The highest BCUT2D eigenvalue weighted by atomic mass is 32.2. The zero-order chi connectivity index (χ0) is 22.0. The Kier molecular flexibility index (Phi) is 6.96. The summed E-state index contributed by atoms with van der Waals surface area (Å²) in [6.45, 7) is 3.63. The minimum Gasteiger partial charge on any atom is -0.379 e. The van der Waals surface area contributed by atoms with Gasteiger partial charge >= 0.3 is 6.18 Å². The maximum Gasteiger partial charge on any atom is 0.406 e. The third kappa shape index (κ3) is 6.38. The molecule has 6 nitrogen and oxygen atoms in total. The second-order valence-corrected chi connectivity index (χ2v) is 9.93. The third-order valence-electron chi connectivity index (χ3n) is 4.10. The number of nitrogens with zero attached hydrogens (tertiary/aromatic N) is 2. The van der Waals surface area contributed by atoms with Gasteiger partial charge in [0.05, 0.1) is 23.7 Å². The van der Waals surface area contributed by atoms with Gasteiger partial charge in [0.25, 0.3) is 5.91 Å². The van der Waals surface area contributed by atoms with E-state index in [9.17, 15) is 30.8 Å². The quantitative estimate of drug-likeness (QED) is 0.661. The van der Waals surface area contributed by atoms with Gasteiger partial charge in [0.1, 0.15) is 12.4 Å². The number of carbonyl (C=O) groups is 1. The molecule has 0 spiro atoms. The molecule has 1 saturated heterocycles. The number of benzene rings is 1. The lowest BCUT2D eigenvalue weighted by atomic mass is 9.95. The first-order chi connectivity index (χ1) is 13.2. The van der Waals surface area contributed by atoms with Crippen molar-refractivity contribution in [1.29, 1.82) is 0 Å². The van der Waals surface area contributed by atoms with Gasteiger partial charge in [-0.15, -0.1) is 0 Å². The molecule has 1 aliphatic heterocycles. The number of sulfonamides is 1. The molecular weight excluding hydrogens is 416 g/mol. The normalized spacial score (nSPS) is 16.7. The van der Waals surface area contributed by atoms with Crippen molar-refractivity contribution < 1.29 is 35.5 Å². The summed E-state index contributed by atoms with van der Waals surface area (Å²) < 4.78 is 84.9. The second kappa shape index (κ2) is 8.57. The van der Waals surface area contributed by atoms with Crippen LogP contribution in [0, 0.1) is 11.2 Å². The average molecular weight is 440 g/mol. The van der Waals surface area contributed by atoms with E-state index >= 15 is 0 Å². The molecule has 0 radical (unpaired) electrons. The van der Waals surface area contributed by atoms with Gasteiger partial charge in [-0.1, -0.05) is 20.8 Å². The van der Waals surface area contributed by atoms with E-state index < -0.39 is 45.4 Å². The van der Waals surface area contributed by atoms with Crippen molar-refractivity contribution >= 4 is 15.9 Å². The topological polar surface area (TPSA) is 66.9 Å². The highest BCUT2D eigenvalue weighted by molar-refractivity contribution is 7.89. The Hall–Kier alpha value is -1.72. The van der Waals surface area contributed by atoms with Crippen LogP contribution in [0.4, 0.5) is 17.6 Å². The van der Waals surface area contributed by atoms with Crippen molar-refractivity contribution in [2.45, 2.75) is 31.8 Å². The zero-order valence-corrected chi connectivity index (χ0v) is 17.2. The molecule has 0 N–H and O–H groups in total. The Bertz CT molecular complexity index is 828. The Morgan fingerprint density at radius 1 is 1.14 bits per heavy atom. The van der Waals surface area contributed by atoms with Crippen LogP contribution in [0.5, 0.6) is 0 Å². The molecule has 1 amide bonds. The van der Waals surface area contributed by atoms with Gasteiger partial charge < -0.3 is 9.64 Å². The Morgan fingerprint density at radius 3 is 2.24 bits per heavy atom. The molecule has 11 heteroatoms. The number of hydrogen-bond acceptors (Lipinski definition) is 4. The van der Waals surface area contributed by atoms with E-state index in [-0.39, 0.29) is 37.7 Å². The summed E-state index contributed by atoms with van der Waals surface area (Å²) in [5, 5.41) is 0. The fraction of sp³-hybridized carbons (Fsp3) is 0.611. The van der Waals surface area contributed by atoms with Crippen LogP contribution < -0.4 is 0 Å². The lowest BCUT2D eigenvalue weighted by Crippen LogP contribution is -2.44. The number of ether oxygens (including phenoxy) is 1. The van der Waals surface area contributed by atoms with E-state index in [2.05, 4.69) is 0 Å². The number of morpholine rings is 1. The molecule has 0 saturated carbocycles. The second-order valence-electron chi connectivity index (χ2n) is 8.00. The highest BCUT2D eigenvalue weighted by Crippen LogP contribution is 2.26. The van der Waals surface area contributed by atoms with E-state index in [1.807, 2.05) is 0 Å². The predicted molar refractivity (Wildman–Crippen MR) is 97.4 cm³/mol. The molecule has 164 valence electrons. The summed E-state index contributed by atoms with van der Waals surface area (Å²) in [6, 6.07) is 2.58. The van der Waals surface area contributed by atoms with E-state index in [4.69, 9.17) is 4.74 Å². The van der Waals surface area contributed by atoms with Gasteiger partial charge in [-0.25, -0.2) is 12.8 Å². The first-order valence-corrected chi connectivity index (χ1v) is 10.4. The van der Waals surface area contributed by atoms with Gasteiger partial charge in [0.15, 0.2) is 0 Å². The summed E-state index contributed by atoms with van der Waals surface area (Å²) in [4.78, 5) is 12.9. The zero-order valence-electron chi connectivity index (χ0n) is 16.4. The molecule has 1 heterocycles. The van der Waals surface area contributed by atoms with Crippen molar-refractivity contribution in [3.63, 3.8) is 0 Å². The molecule has 0 aromatic heterocycles. The van der Waals surface area contributed by atoms with Gasteiger partial charge in [-0.3, -0.25) is 4.79 Å². The van der Waals surface area contributed by atoms with Gasteiger partial charge in [0.2, 0.25) is 10.0 Å². The average Bonchev–Trinajstić information content (AvgIpc) is 2.59. The third-order valence-corrected chi connectivity index (χ3v) is 5.99. The van der Waals surface area contributed by atoms with E-state index in [0.717, 1.165) is 22.5 Å². The smallest absolute Gasteiger partial charge is 0.379 e. The lowest BCUT2D eigenvalue weighted by Gasteiger charge is -2.31. The van der Waals surface area contributed by atoms with Crippen LogP contribution in [0.15, 0.2) is 23.1 Å². The van der Waals surface area contributed by atoms with Gasteiger partial charge in [-0.05, 0) is 23.6 Å². The van der Waals surface area contributed by atoms with Crippen molar-refractivity contribution in [2.24, 2.45) is 5.41 Å². The molecule has 0 unspecified atom stereocenters. The number of rotatable bonds is 5. The molecule has 1 aromatic carbocycles. The fourth-order valence-corrected chi connectivity index (χ4v) is 4.36. The summed E-state index contributed by atoms with van der Waals surface area (Å²) >= 11 is 0. The summed E-state index contributed by atoms with van der Waals surface area (Å²) in [6.07, 6.45) is -4.69. The minimum absolute atomic E-state index is 0.0905. The van der Waals surface area contributed by atoms with Crippen LogP contribution in [-0.2, 0) is 14.8 Å². The SMILES string of the molecule is CC(C)(C)CN(CC(F)(F)F)C(=O)c1cc(S(=O)(=O)N2CCOCC2)ccc1F. The summed E-state index contributed by atoms with van der Waals surface area (Å²) in [5.74, 6) is -2.30. The minimum atomic E-state index is -4.69. The number of hydrogen-bond donors (Lipinski definition) is 0. The van der Waals surface area contributed by atoms with Crippen molar-refractivity contribution in [3.05, 3.63) is 29.6 Å². The Morgan fingerprint density at radius 2 is 1.72 bits per heavy atom. The van der Waals surface area contributed by atoms with E-state index in [1.165, 1.54) is 0 Å². The fourth-order valence-electron chi connectivity index (χ4n) is 2.92. The monoisotopic (exact) mass is 440 g/mol. The van der Waals surface area contributed by atoms with E-state index in [1.54, 1.807) is 20.8 Å². The van der Waals surface area contributed by atoms with Gasteiger partial charge in [0, 0.05) is 19.6 Å². The van der Waals surface area contributed by atoms with Crippen LogP contribution >= 0.6 is 0 Å². The number of amides is 1. The summed E-state index contributed by atoms with van der Waals surface area (Å²) in [5.41, 5.74) is -1.40.